The maximum absolute atomic E-state index is 12.8. The van der Waals surface area contributed by atoms with E-state index in [2.05, 4.69) is 0 Å². The van der Waals surface area contributed by atoms with Crippen LogP contribution < -0.4 is 10.8 Å². The van der Waals surface area contributed by atoms with Gasteiger partial charge in [0.25, 0.3) is 0 Å². The zero-order valence-corrected chi connectivity index (χ0v) is 14.2. The van der Waals surface area contributed by atoms with E-state index in [4.69, 9.17) is 4.42 Å². The van der Waals surface area contributed by atoms with Crippen molar-refractivity contribution < 1.29 is 9.52 Å². The Hall–Kier alpha value is -2.29. The number of aliphatic hydroxyl groups excluding tert-OH is 1. The summed E-state index contributed by atoms with van der Waals surface area (Å²) in [7, 11) is 0. The summed E-state index contributed by atoms with van der Waals surface area (Å²) >= 11 is 0. The van der Waals surface area contributed by atoms with Gasteiger partial charge in [-0.15, -0.1) is 0 Å². The Morgan fingerprint density at radius 2 is 1.83 bits per heavy atom. The SMILES string of the molecule is Cc1ccc2cc(C(C)C)c(=O)c3o/c(=C(\O)C(C)C)cc1c2=3. The van der Waals surface area contributed by atoms with E-state index in [1.54, 1.807) is 0 Å². The van der Waals surface area contributed by atoms with Crippen molar-refractivity contribution in [3.63, 3.8) is 0 Å². The van der Waals surface area contributed by atoms with Gasteiger partial charge < -0.3 is 9.52 Å². The minimum absolute atomic E-state index is 0.0642. The van der Waals surface area contributed by atoms with Gasteiger partial charge in [0.15, 0.2) is 10.8 Å². The lowest BCUT2D eigenvalue weighted by atomic mass is 9.96. The highest BCUT2D eigenvalue weighted by Gasteiger charge is 2.14. The minimum Gasteiger partial charge on any atom is -0.508 e. The normalized spacial score (nSPS) is 13.5. The van der Waals surface area contributed by atoms with Crippen LogP contribution >= 0.6 is 0 Å². The van der Waals surface area contributed by atoms with E-state index in [9.17, 15) is 9.90 Å². The largest absolute Gasteiger partial charge is 0.508 e. The number of hydrogen-bond acceptors (Lipinski definition) is 3. The minimum atomic E-state index is -0.0819. The smallest absolute Gasteiger partial charge is 0.225 e. The van der Waals surface area contributed by atoms with E-state index in [1.165, 1.54) is 0 Å². The molecule has 1 heterocycles. The van der Waals surface area contributed by atoms with E-state index < -0.39 is 0 Å². The third-order valence-electron chi connectivity index (χ3n) is 4.41. The highest BCUT2D eigenvalue weighted by Crippen LogP contribution is 2.21. The standard InChI is InChI=1S/C20H22O3/c1-10(2)14-8-13-7-6-12(5)15-9-16(18(21)11(3)4)23-20(17(13)15)19(14)22/h6-11,21H,1-5H3/b18-16-. The lowest BCUT2D eigenvalue weighted by Gasteiger charge is -2.10. The van der Waals surface area contributed by atoms with Gasteiger partial charge in [0.05, 0.1) is 0 Å². The first kappa shape index (κ1) is 15.6. The predicted molar refractivity (Wildman–Crippen MR) is 92.7 cm³/mol. The summed E-state index contributed by atoms with van der Waals surface area (Å²) in [6, 6.07) is 7.87. The number of hydrogen-bond donors (Lipinski definition) is 1. The molecule has 0 bridgehead atoms. The molecule has 23 heavy (non-hydrogen) atoms. The third-order valence-corrected chi connectivity index (χ3v) is 4.41. The van der Waals surface area contributed by atoms with Crippen LogP contribution in [0.4, 0.5) is 0 Å². The molecule has 2 aliphatic rings. The Morgan fingerprint density at radius 1 is 1.13 bits per heavy atom. The van der Waals surface area contributed by atoms with Crippen molar-refractivity contribution in [2.45, 2.75) is 40.5 Å². The second kappa shape index (κ2) is 5.41. The Kier molecular flexibility index (Phi) is 3.67. The first-order valence-corrected chi connectivity index (χ1v) is 8.04. The molecule has 0 saturated carbocycles. The quantitative estimate of drug-likeness (QED) is 0.778. The van der Waals surface area contributed by atoms with Crippen molar-refractivity contribution >= 4 is 16.5 Å². The highest BCUT2D eigenvalue weighted by molar-refractivity contribution is 5.74. The Labute approximate surface area is 134 Å². The molecule has 1 N–H and O–H groups in total. The summed E-state index contributed by atoms with van der Waals surface area (Å²) in [5, 5.41) is 13.1. The van der Waals surface area contributed by atoms with Crippen LogP contribution in [0.15, 0.2) is 33.5 Å². The molecule has 1 aromatic carbocycles. The molecular formula is C20H22O3. The van der Waals surface area contributed by atoms with Crippen LogP contribution in [0.5, 0.6) is 0 Å². The molecule has 0 saturated heterocycles. The summed E-state index contributed by atoms with van der Waals surface area (Å²) in [5.74, 6) is 0.223. The van der Waals surface area contributed by atoms with Crippen LogP contribution in [0.3, 0.4) is 0 Å². The summed E-state index contributed by atoms with van der Waals surface area (Å²) < 4.78 is 5.87. The first-order chi connectivity index (χ1) is 10.8. The monoisotopic (exact) mass is 310 g/mol. The average molecular weight is 310 g/mol. The van der Waals surface area contributed by atoms with Gasteiger partial charge in [0.2, 0.25) is 5.43 Å². The van der Waals surface area contributed by atoms with E-state index in [-0.39, 0.29) is 23.0 Å². The topological polar surface area (TPSA) is 50.4 Å². The van der Waals surface area contributed by atoms with Crippen LogP contribution in [0.1, 0.15) is 44.7 Å². The average Bonchev–Trinajstić information content (AvgIpc) is 2.51. The second-order valence-corrected chi connectivity index (χ2v) is 6.82. The maximum Gasteiger partial charge on any atom is 0.225 e. The van der Waals surface area contributed by atoms with Crippen LogP contribution in [-0.4, -0.2) is 5.11 Å². The fourth-order valence-corrected chi connectivity index (χ4v) is 2.99. The lowest BCUT2D eigenvalue weighted by molar-refractivity contribution is 0.399. The molecule has 0 spiro atoms. The van der Waals surface area contributed by atoms with E-state index >= 15 is 0 Å². The van der Waals surface area contributed by atoms with E-state index in [0.717, 1.165) is 27.1 Å². The second-order valence-electron chi connectivity index (χ2n) is 6.82. The molecule has 3 nitrogen and oxygen atoms in total. The lowest BCUT2D eigenvalue weighted by Crippen LogP contribution is -2.17. The number of rotatable bonds is 2. The van der Waals surface area contributed by atoms with Gasteiger partial charge in [0.1, 0.15) is 5.76 Å². The summed E-state index contributed by atoms with van der Waals surface area (Å²) in [6.45, 7) is 9.80. The fourth-order valence-electron chi connectivity index (χ4n) is 2.99. The fraction of sp³-hybridized carbons (Fsp3) is 0.350. The molecule has 1 aliphatic carbocycles. The molecule has 0 amide bonds. The van der Waals surface area contributed by atoms with Crippen LogP contribution in [0.2, 0.25) is 0 Å². The van der Waals surface area contributed by atoms with Gasteiger partial charge in [0, 0.05) is 16.7 Å². The predicted octanol–water partition coefficient (Wildman–Crippen LogP) is 3.99. The highest BCUT2D eigenvalue weighted by atomic mass is 16.3. The zero-order valence-electron chi connectivity index (χ0n) is 14.2. The maximum atomic E-state index is 12.8. The molecule has 3 heteroatoms. The van der Waals surface area contributed by atoms with Gasteiger partial charge in [-0.25, -0.2) is 0 Å². The Balaban J connectivity index is 2.68. The van der Waals surface area contributed by atoms with Crippen molar-refractivity contribution in [3.05, 3.63) is 61.7 Å². The molecular weight excluding hydrogens is 288 g/mol. The van der Waals surface area contributed by atoms with Gasteiger partial charge in [-0.05, 0) is 41.3 Å². The third kappa shape index (κ3) is 2.40. The Morgan fingerprint density at radius 3 is 2.43 bits per heavy atom. The van der Waals surface area contributed by atoms with E-state index in [0.29, 0.717) is 10.8 Å². The molecule has 0 fully saturated rings. The van der Waals surface area contributed by atoms with Crippen molar-refractivity contribution in [2.75, 3.05) is 0 Å². The molecule has 1 aliphatic heterocycles. The molecule has 120 valence electrons. The molecule has 0 radical (unpaired) electrons. The summed E-state index contributed by atoms with van der Waals surface area (Å²) in [6.07, 6.45) is 0. The Bertz CT molecular complexity index is 1050. The number of benzene rings is 1. The summed E-state index contributed by atoms with van der Waals surface area (Å²) in [5.41, 5.74) is 2.44. The van der Waals surface area contributed by atoms with Gasteiger partial charge in [-0.2, -0.15) is 0 Å². The molecule has 1 aromatic rings. The van der Waals surface area contributed by atoms with Crippen molar-refractivity contribution in [3.8, 4) is 0 Å². The van der Waals surface area contributed by atoms with Crippen LogP contribution in [-0.2, 0) is 0 Å². The van der Waals surface area contributed by atoms with Crippen LogP contribution in [0.25, 0.3) is 16.5 Å². The molecule has 0 atom stereocenters. The number of aryl methyl sites for hydroxylation is 1. The van der Waals surface area contributed by atoms with E-state index in [1.807, 2.05) is 58.9 Å². The molecule has 0 aromatic heterocycles. The van der Waals surface area contributed by atoms with Crippen molar-refractivity contribution in [1.29, 1.82) is 0 Å². The molecule has 0 unspecified atom stereocenters. The summed E-state index contributed by atoms with van der Waals surface area (Å²) in [4.78, 5) is 12.8. The van der Waals surface area contributed by atoms with Gasteiger partial charge >= 0.3 is 0 Å². The van der Waals surface area contributed by atoms with Gasteiger partial charge in [-0.1, -0.05) is 39.8 Å². The van der Waals surface area contributed by atoms with Crippen molar-refractivity contribution in [2.24, 2.45) is 5.92 Å². The van der Waals surface area contributed by atoms with Crippen molar-refractivity contribution in [1.82, 2.24) is 0 Å². The van der Waals surface area contributed by atoms with Crippen LogP contribution in [0, 0.1) is 23.5 Å². The zero-order chi connectivity index (χ0) is 16.9. The number of aliphatic hydroxyl groups is 1. The first-order valence-electron chi connectivity index (χ1n) is 8.04. The molecule has 3 rings (SSSR count). The van der Waals surface area contributed by atoms with Gasteiger partial charge in [-0.3, -0.25) is 4.79 Å².